The summed E-state index contributed by atoms with van der Waals surface area (Å²) in [6.45, 7) is 3.07. The predicted molar refractivity (Wildman–Crippen MR) is 26.2 cm³/mol. The van der Waals surface area contributed by atoms with Gasteiger partial charge in [-0.05, 0) is 0 Å². The van der Waals surface area contributed by atoms with Crippen molar-refractivity contribution in [1.29, 1.82) is 0 Å². The molecule has 0 aliphatic rings. The number of nitrogens with zero attached hydrogens (tertiary/aromatic N) is 4. The SMILES string of the molecule is C=NOn1cncn1. The van der Waals surface area contributed by atoms with Gasteiger partial charge in [0.05, 0.1) is 0 Å². The molecule has 0 bridgehead atoms. The fourth-order valence-electron chi connectivity index (χ4n) is 0.299. The van der Waals surface area contributed by atoms with Crippen molar-refractivity contribution in [3.05, 3.63) is 12.7 Å². The summed E-state index contributed by atoms with van der Waals surface area (Å²) in [7, 11) is 0. The maximum absolute atomic E-state index is 4.40. The van der Waals surface area contributed by atoms with Crippen LogP contribution in [0.1, 0.15) is 0 Å². The maximum Gasteiger partial charge on any atom is 0.158 e. The molecule has 0 aliphatic heterocycles. The molecule has 0 amide bonds. The molecular formula is C3H4N4O. The molecule has 1 aromatic rings. The van der Waals surface area contributed by atoms with Crippen LogP contribution in [0.5, 0.6) is 0 Å². The van der Waals surface area contributed by atoms with Gasteiger partial charge in [-0.2, -0.15) is 0 Å². The van der Waals surface area contributed by atoms with Crippen LogP contribution < -0.4 is 4.94 Å². The smallest absolute Gasteiger partial charge is 0.158 e. The minimum atomic E-state index is 1.09. The predicted octanol–water partition coefficient (Wildman–Crippen LogP) is -0.678. The molecule has 0 atom stereocenters. The van der Waals surface area contributed by atoms with Crippen molar-refractivity contribution < 1.29 is 4.94 Å². The molecule has 0 N–H and O–H groups in total. The van der Waals surface area contributed by atoms with Crippen LogP contribution in [-0.2, 0) is 0 Å². The van der Waals surface area contributed by atoms with Gasteiger partial charge in [-0.25, -0.2) is 9.92 Å². The standard InChI is InChI=1S/C3H4N4O/c1-4-8-7-3-5-2-6-7/h2-3H,1H2. The molecule has 5 heteroatoms. The second-order valence-corrected chi connectivity index (χ2v) is 1.01. The molecule has 1 heterocycles. The number of hydrogen-bond acceptors (Lipinski definition) is 4. The summed E-state index contributed by atoms with van der Waals surface area (Å²) in [5.74, 6) is 0. The Bertz CT molecular complexity index is 158. The lowest BCUT2D eigenvalue weighted by Crippen LogP contribution is -2.03. The molecule has 42 valence electrons. The van der Waals surface area contributed by atoms with Gasteiger partial charge in [0.25, 0.3) is 0 Å². The molecular weight excluding hydrogens is 108 g/mol. The quantitative estimate of drug-likeness (QED) is 0.376. The Morgan fingerprint density at radius 1 is 1.75 bits per heavy atom. The van der Waals surface area contributed by atoms with Gasteiger partial charge < -0.3 is 0 Å². The van der Waals surface area contributed by atoms with Gasteiger partial charge in [-0.3, -0.25) is 0 Å². The Balaban J connectivity index is 2.62. The molecule has 1 rings (SSSR count). The van der Waals surface area contributed by atoms with E-state index >= 15 is 0 Å². The zero-order valence-corrected chi connectivity index (χ0v) is 4.06. The van der Waals surface area contributed by atoms with Crippen molar-refractivity contribution in [2.24, 2.45) is 5.16 Å². The molecule has 8 heavy (non-hydrogen) atoms. The highest BCUT2D eigenvalue weighted by Crippen LogP contribution is 1.70. The molecule has 0 aliphatic carbocycles. The van der Waals surface area contributed by atoms with E-state index in [0.29, 0.717) is 0 Å². The fraction of sp³-hybridized carbons (Fsp3) is 0. The van der Waals surface area contributed by atoms with Gasteiger partial charge in [0.2, 0.25) is 0 Å². The van der Waals surface area contributed by atoms with E-state index in [-0.39, 0.29) is 0 Å². The van der Waals surface area contributed by atoms with Crippen molar-refractivity contribution in [1.82, 2.24) is 14.9 Å². The number of rotatable bonds is 2. The molecule has 0 unspecified atom stereocenters. The fourth-order valence-corrected chi connectivity index (χ4v) is 0.299. The summed E-state index contributed by atoms with van der Waals surface area (Å²) in [4.78, 5) is 9.07. The van der Waals surface area contributed by atoms with Crippen molar-refractivity contribution in [3.8, 4) is 0 Å². The summed E-state index contributed by atoms with van der Waals surface area (Å²) in [6, 6.07) is 0. The minimum Gasteiger partial charge on any atom is -0.245 e. The molecule has 1 aromatic heterocycles. The Kier molecular flexibility index (Phi) is 1.23. The summed E-state index contributed by atoms with van der Waals surface area (Å²) < 4.78 is 0. The van der Waals surface area contributed by atoms with E-state index in [1.807, 2.05) is 0 Å². The monoisotopic (exact) mass is 112 g/mol. The third kappa shape index (κ3) is 0.810. The van der Waals surface area contributed by atoms with Crippen LogP contribution >= 0.6 is 0 Å². The lowest BCUT2D eigenvalue weighted by atomic mass is 11.3. The first kappa shape index (κ1) is 4.76. The van der Waals surface area contributed by atoms with E-state index in [1.54, 1.807) is 0 Å². The first-order chi connectivity index (χ1) is 3.93. The molecule has 0 saturated carbocycles. The number of oxime groups is 1. The van der Waals surface area contributed by atoms with Crippen molar-refractivity contribution in [2.45, 2.75) is 0 Å². The first-order valence-corrected chi connectivity index (χ1v) is 1.91. The molecule has 0 radical (unpaired) electrons. The Morgan fingerprint density at radius 2 is 2.62 bits per heavy atom. The van der Waals surface area contributed by atoms with E-state index in [2.05, 4.69) is 26.9 Å². The molecule has 0 spiro atoms. The average molecular weight is 112 g/mol. The van der Waals surface area contributed by atoms with E-state index < -0.39 is 0 Å². The summed E-state index contributed by atoms with van der Waals surface area (Å²) in [6.07, 6.45) is 2.71. The van der Waals surface area contributed by atoms with Crippen molar-refractivity contribution >= 4 is 6.72 Å². The van der Waals surface area contributed by atoms with Gasteiger partial charge in [-0.15, -0.1) is 5.10 Å². The average Bonchev–Trinajstić information content (AvgIpc) is 2.19. The first-order valence-electron chi connectivity index (χ1n) is 1.91. The largest absolute Gasteiger partial charge is 0.245 e. The van der Waals surface area contributed by atoms with E-state index in [1.165, 1.54) is 12.7 Å². The molecule has 0 aromatic carbocycles. The van der Waals surface area contributed by atoms with Gasteiger partial charge in [0, 0.05) is 6.72 Å². The Hall–Kier alpha value is -1.39. The summed E-state index contributed by atoms with van der Waals surface area (Å²) in [5, 5.41) is 6.64. The van der Waals surface area contributed by atoms with Crippen molar-refractivity contribution in [2.75, 3.05) is 0 Å². The third-order valence-electron chi connectivity index (χ3n) is 0.539. The van der Waals surface area contributed by atoms with Crippen LogP contribution in [0.15, 0.2) is 17.8 Å². The van der Waals surface area contributed by atoms with Crippen molar-refractivity contribution in [3.63, 3.8) is 0 Å². The summed E-state index contributed by atoms with van der Waals surface area (Å²) >= 11 is 0. The Labute approximate surface area is 45.5 Å². The highest BCUT2D eigenvalue weighted by atomic mass is 16.8. The molecule has 5 nitrogen and oxygen atoms in total. The van der Waals surface area contributed by atoms with E-state index in [9.17, 15) is 0 Å². The second-order valence-electron chi connectivity index (χ2n) is 1.01. The maximum atomic E-state index is 4.40. The number of hydrogen-bond donors (Lipinski definition) is 0. The second kappa shape index (κ2) is 2.06. The van der Waals surface area contributed by atoms with Gasteiger partial charge in [0.15, 0.2) is 6.33 Å². The normalized spacial score (nSPS) is 8.50. The van der Waals surface area contributed by atoms with Crippen LogP contribution in [0, 0.1) is 0 Å². The molecule has 0 saturated heterocycles. The van der Waals surface area contributed by atoms with Crippen LogP contribution in [0.25, 0.3) is 0 Å². The topological polar surface area (TPSA) is 52.3 Å². The zero-order valence-electron chi connectivity index (χ0n) is 4.06. The van der Waals surface area contributed by atoms with Crippen LogP contribution in [0.4, 0.5) is 0 Å². The lowest BCUT2D eigenvalue weighted by Gasteiger charge is -1.88. The van der Waals surface area contributed by atoms with Crippen LogP contribution in [-0.4, -0.2) is 21.6 Å². The van der Waals surface area contributed by atoms with Gasteiger partial charge >= 0.3 is 0 Å². The lowest BCUT2D eigenvalue weighted by molar-refractivity contribution is 0.0905. The minimum absolute atomic E-state index is 1.09. The van der Waals surface area contributed by atoms with Gasteiger partial charge in [-0.1, -0.05) is 10.0 Å². The highest BCUT2D eigenvalue weighted by Gasteiger charge is 1.82. The van der Waals surface area contributed by atoms with Crippen LogP contribution in [0.3, 0.4) is 0 Å². The summed E-state index contributed by atoms with van der Waals surface area (Å²) in [5.41, 5.74) is 0. The zero-order chi connectivity index (χ0) is 5.82. The van der Waals surface area contributed by atoms with E-state index in [0.717, 1.165) is 4.85 Å². The highest BCUT2D eigenvalue weighted by molar-refractivity contribution is 5.21. The number of aromatic nitrogens is 3. The molecule has 0 fully saturated rings. The van der Waals surface area contributed by atoms with Crippen LogP contribution in [0.2, 0.25) is 0 Å². The third-order valence-corrected chi connectivity index (χ3v) is 0.539. The van der Waals surface area contributed by atoms with Gasteiger partial charge in [0.1, 0.15) is 6.33 Å². The Morgan fingerprint density at radius 3 is 3.12 bits per heavy atom. The van der Waals surface area contributed by atoms with E-state index in [4.69, 9.17) is 0 Å².